The topological polar surface area (TPSA) is 79.4 Å². The predicted octanol–water partition coefficient (Wildman–Crippen LogP) is 6.97. The highest BCUT2D eigenvalue weighted by atomic mass is 35.5. The number of rotatable bonds is 7. The van der Waals surface area contributed by atoms with Crippen LogP contribution in [0.25, 0.3) is 28.0 Å². The standard InChI is InChI=1S/C27H21Cl2N3O4S/c1-15-4-7-19-16(11-25(33)36-24(19)10-15)14-37-27-31-30-26(20-12-17(28)5-8-22(20)34-2)32(27)18-6-9-23(35-3)21(29)13-18/h4-13H,14H2,1-3H3. The number of fused-ring (bicyclic) bond motifs is 1. The van der Waals surface area contributed by atoms with Crippen molar-refractivity contribution in [1.82, 2.24) is 14.8 Å². The van der Waals surface area contributed by atoms with Crippen LogP contribution in [-0.4, -0.2) is 29.0 Å². The van der Waals surface area contributed by atoms with Crippen LogP contribution in [0.2, 0.25) is 10.0 Å². The summed E-state index contributed by atoms with van der Waals surface area (Å²) in [5.74, 6) is 2.12. The van der Waals surface area contributed by atoms with Gasteiger partial charge in [-0.25, -0.2) is 4.79 Å². The molecule has 0 saturated carbocycles. The Bertz CT molecular complexity index is 1680. The fraction of sp³-hybridized carbons (Fsp3) is 0.148. The maximum atomic E-state index is 12.2. The lowest BCUT2D eigenvalue weighted by atomic mass is 10.1. The highest BCUT2D eigenvalue weighted by molar-refractivity contribution is 7.98. The molecule has 0 N–H and O–H groups in total. The lowest BCUT2D eigenvalue weighted by Gasteiger charge is -2.14. The van der Waals surface area contributed by atoms with Gasteiger partial charge in [0.1, 0.15) is 17.1 Å². The summed E-state index contributed by atoms with van der Waals surface area (Å²) in [4.78, 5) is 12.2. The van der Waals surface area contributed by atoms with Crippen molar-refractivity contribution in [2.75, 3.05) is 14.2 Å². The van der Waals surface area contributed by atoms with E-state index in [9.17, 15) is 4.79 Å². The van der Waals surface area contributed by atoms with Gasteiger partial charge >= 0.3 is 5.63 Å². The Hall–Kier alpha value is -3.46. The molecule has 37 heavy (non-hydrogen) atoms. The van der Waals surface area contributed by atoms with Gasteiger partial charge in [-0.3, -0.25) is 4.57 Å². The lowest BCUT2D eigenvalue weighted by molar-refractivity contribution is 0.415. The number of halogens is 2. The van der Waals surface area contributed by atoms with Crippen molar-refractivity contribution in [3.63, 3.8) is 0 Å². The Morgan fingerprint density at radius 1 is 0.946 bits per heavy atom. The number of ether oxygens (including phenoxy) is 2. The number of aryl methyl sites for hydroxylation is 1. The van der Waals surface area contributed by atoms with Crippen LogP contribution in [0.4, 0.5) is 0 Å². The second-order valence-corrected chi connectivity index (χ2v) is 9.97. The van der Waals surface area contributed by atoms with Crippen LogP contribution in [-0.2, 0) is 5.75 Å². The van der Waals surface area contributed by atoms with Gasteiger partial charge in [0.25, 0.3) is 0 Å². The van der Waals surface area contributed by atoms with Gasteiger partial charge in [0.2, 0.25) is 0 Å². The number of aromatic nitrogens is 3. The predicted molar refractivity (Wildman–Crippen MR) is 147 cm³/mol. The van der Waals surface area contributed by atoms with Gasteiger partial charge in [-0.05, 0) is 60.5 Å². The van der Waals surface area contributed by atoms with Crippen LogP contribution in [0.15, 0.2) is 75.0 Å². The minimum atomic E-state index is -0.401. The van der Waals surface area contributed by atoms with Gasteiger partial charge in [0, 0.05) is 22.2 Å². The molecule has 7 nitrogen and oxygen atoms in total. The van der Waals surface area contributed by atoms with E-state index in [1.165, 1.54) is 17.8 Å². The van der Waals surface area contributed by atoms with Crippen LogP contribution in [0, 0.1) is 6.92 Å². The van der Waals surface area contributed by atoms with E-state index in [4.69, 9.17) is 37.1 Å². The van der Waals surface area contributed by atoms with Gasteiger partial charge in [0.05, 0.1) is 30.5 Å². The fourth-order valence-corrected chi connectivity index (χ4v) is 5.39. The molecule has 10 heteroatoms. The number of hydrogen-bond donors (Lipinski definition) is 0. The summed E-state index contributed by atoms with van der Waals surface area (Å²) in [6.45, 7) is 1.95. The SMILES string of the molecule is COc1ccc(-n2c(SCc3cc(=O)oc4cc(C)ccc34)nnc2-c2cc(Cl)ccc2OC)cc1Cl. The highest BCUT2D eigenvalue weighted by Gasteiger charge is 2.21. The average Bonchev–Trinajstić information content (AvgIpc) is 3.30. The molecule has 188 valence electrons. The Balaban J connectivity index is 1.63. The number of nitrogens with zero attached hydrogens (tertiary/aromatic N) is 3. The molecule has 0 unspecified atom stereocenters. The van der Waals surface area contributed by atoms with Crippen molar-refractivity contribution in [2.24, 2.45) is 0 Å². The Kier molecular flexibility index (Phi) is 7.15. The molecule has 0 bridgehead atoms. The van der Waals surface area contributed by atoms with E-state index in [0.717, 1.165) is 22.2 Å². The highest BCUT2D eigenvalue weighted by Crippen LogP contribution is 2.37. The summed E-state index contributed by atoms with van der Waals surface area (Å²) >= 11 is 14.2. The molecule has 0 atom stereocenters. The molecule has 5 aromatic rings. The second-order valence-electron chi connectivity index (χ2n) is 8.18. The van der Waals surface area contributed by atoms with Gasteiger partial charge < -0.3 is 13.9 Å². The molecule has 2 aromatic heterocycles. The third kappa shape index (κ3) is 5.05. The third-order valence-corrected chi connectivity index (χ3v) is 7.28. The van der Waals surface area contributed by atoms with Crippen molar-refractivity contribution in [1.29, 1.82) is 0 Å². The summed E-state index contributed by atoms with van der Waals surface area (Å²) in [6, 6.07) is 18.0. The normalized spacial score (nSPS) is 11.2. The summed E-state index contributed by atoms with van der Waals surface area (Å²) in [6.07, 6.45) is 0. The molecular formula is C27H21Cl2N3O4S. The van der Waals surface area contributed by atoms with Crippen LogP contribution >= 0.6 is 35.0 Å². The van der Waals surface area contributed by atoms with Crippen LogP contribution in [0.3, 0.4) is 0 Å². The van der Waals surface area contributed by atoms with E-state index in [1.807, 2.05) is 35.8 Å². The van der Waals surface area contributed by atoms with E-state index in [1.54, 1.807) is 44.6 Å². The molecular weight excluding hydrogens is 533 g/mol. The van der Waals surface area contributed by atoms with Crippen LogP contribution in [0.5, 0.6) is 11.5 Å². The van der Waals surface area contributed by atoms with Crippen molar-refractivity contribution in [2.45, 2.75) is 17.8 Å². The quantitative estimate of drug-likeness (QED) is 0.159. The van der Waals surface area contributed by atoms with Gasteiger partial charge in [-0.2, -0.15) is 0 Å². The molecule has 0 aliphatic heterocycles. The molecule has 0 amide bonds. The zero-order valence-corrected chi connectivity index (χ0v) is 22.4. The zero-order valence-electron chi connectivity index (χ0n) is 20.1. The van der Waals surface area contributed by atoms with Gasteiger partial charge in [-0.1, -0.05) is 47.1 Å². The first-order valence-corrected chi connectivity index (χ1v) is 12.9. The van der Waals surface area contributed by atoms with Gasteiger partial charge in [0.15, 0.2) is 11.0 Å². The Morgan fingerprint density at radius 2 is 1.73 bits per heavy atom. The molecule has 0 fully saturated rings. The smallest absolute Gasteiger partial charge is 0.336 e. The van der Waals surface area contributed by atoms with Gasteiger partial charge in [-0.15, -0.1) is 10.2 Å². The molecule has 0 radical (unpaired) electrons. The Morgan fingerprint density at radius 3 is 2.49 bits per heavy atom. The number of thioether (sulfide) groups is 1. The maximum absolute atomic E-state index is 12.2. The van der Waals surface area contributed by atoms with Crippen molar-refractivity contribution < 1.29 is 13.9 Å². The monoisotopic (exact) mass is 553 g/mol. The minimum absolute atomic E-state index is 0.401. The second kappa shape index (κ2) is 10.5. The van der Waals surface area contributed by atoms with Crippen molar-refractivity contribution >= 4 is 45.9 Å². The van der Waals surface area contributed by atoms with E-state index < -0.39 is 5.63 Å². The minimum Gasteiger partial charge on any atom is -0.496 e. The lowest BCUT2D eigenvalue weighted by Crippen LogP contribution is -2.03. The molecule has 0 aliphatic rings. The summed E-state index contributed by atoms with van der Waals surface area (Å²) in [5.41, 5.74) is 3.39. The van der Waals surface area contributed by atoms with E-state index in [2.05, 4.69) is 10.2 Å². The van der Waals surface area contributed by atoms with Crippen molar-refractivity contribution in [3.8, 4) is 28.6 Å². The molecule has 0 spiro atoms. The van der Waals surface area contributed by atoms with Crippen LogP contribution in [0.1, 0.15) is 11.1 Å². The maximum Gasteiger partial charge on any atom is 0.336 e. The first kappa shape index (κ1) is 25.2. The average molecular weight is 554 g/mol. The van der Waals surface area contributed by atoms with Crippen LogP contribution < -0.4 is 15.1 Å². The molecule has 0 saturated heterocycles. The number of methoxy groups -OCH3 is 2. The molecule has 2 heterocycles. The molecule has 3 aromatic carbocycles. The van der Waals surface area contributed by atoms with Crippen molar-refractivity contribution in [3.05, 3.63) is 92.3 Å². The summed E-state index contributed by atoms with van der Waals surface area (Å²) in [5, 5.41) is 11.4. The number of hydrogen-bond acceptors (Lipinski definition) is 7. The molecule has 0 aliphatic carbocycles. The largest absolute Gasteiger partial charge is 0.496 e. The first-order chi connectivity index (χ1) is 17.9. The first-order valence-electron chi connectivity index (χ1n) is 11.2. The van der Waals surface area contributed by atoms with E-state index >= 15 is 0 Å². The fourth-order valence-electron chi connectivity index (χ4n) is 4.02. The third-order valence-electron chi connectivity index (χ3n) is 5.77. The number of benzene rings is 3. The Labute approximate surface area is 226 Å². The van der Waals surface area contributed by atoms with E-state index in [0.29, 0.717) is 49.4 Å². The van der Waals surface area contributed by atoms with E-state index in [-0.39, 0.29) is 0 Å². The summed E-state index contributed by atoms with van der Waals surface area (Å²) < 4.78 is 18.2. The zero-order chi connectivity index (χ0) is 26.1. The summed E-state index contributed by atoms with van der Waals surface area (Å²) in [7, 11) is 3.15. The molecule has 5 rings (SSSR count).